The van der Waals surface area contributed by atoms with Crippen molar-refractivity contribution in [3.8, 4) is 5.88 Å². The molecule has 0 atom stereocenters. The third kappa shape index (κ3) is 4.39. The lowest BCUT2D eigenvalue weighted by atomic mass is 10.1. The number of aromatic nitrogens is 1. The van der Waals surface area contributed by atoms with Crippen molar-refractivity contribution in [2.75, 3.05) is 14.1 Å². The van der Waals surface area contributed by atoms with E-state index < -0.39 is 5.82 Å². The minimum Gasteiger partial charge on any atom is -0.433 e. The van der Waals surface area contributed by atoms with Crippen molar-refractivity contribution >= 4 is 21.7 Å². The minimum absolute atomic E-state index is 0.0993. The minimum atomic E-state index is -0.399. The summed E-state index contributed by atoms with van der Waals surface area (Å²) in [5.74, 6) is -0.361. The van der Waals surface area contributed by atoms with Crippen LogP contribution in [0, 0.1) is 5.82 Å². The number of allylic oxidation sites excluding steroid dienone is 1. The van der Waals surface area contributed by atoms with Crippen LogP contribution in [0.15, 0.2) is 59.0 Å². The van der Waals surface area contributed by atoms with Gasteiger partial charge in [0.1, 0.15) is 10.4 Å². The molecule has 1 heterocycles. The van der Waals surface area contributed by atoms with Gasteiger partial charge in [0.05, 0.1) is 0 Å². The number of benzene rings is 1. The van der Waals surface area contributed by atoms with E-state index in [-0.39, 0.29) is 17.4 Å². The molecule has 4 nitrogen and oxygen atoms in total. The van der Waals surface area contributed by atoms with Gasteiger partial charge < -0.3 is 9.64 Å². The van der Waals surface area contributed by atoms with Gasteiger partial charge in [0.25, 0.3) is 0 Å². The number of halogens is 2. The summed E-state index contributed by atoms with van der Waals surface area (Å²) < 4.78 is 19.2. The molecule has 0 saturated carbocycles. The molecule has 1 aromatic heterocycles. The van der Waals surface area contributed by atoms with E-state index in [1.807, 2.05) is 0 Å². The highest BCUT2D eigenvalue weighted by Crippen LogP contribution is 2.18. The van der Waals surface area contributed by atoms with E-state index >= 15 is 0 Å². The summed E-state index contributed by atoms with van der Waals surface area (Å²) >= 11 is 3.25. The molecular weight excluding hydrogens is 351 g/mol. The molecule has 0 amide bonds. The molecule has 0 spiro atoms. The highest BCUT2D eigenvalue weighted by atomic mass is 79.9. The van der Waals surface area contributed by atoms with Gasteiger partial charge in [-0.3, -0.25) is 4.79 Å². The molecule has 2 aromatic rings. The molecule has 0 aliphatic heterocycles. The normalized spacial score (nSPS) is 11.2. The van der Waals surface area contributed by atoms with Crippen LogP contribution in [0.4, 0.5) is 4.39 Å². The first-order valence-corrected chi connectivity index (χ1v) is 7.24. The lowest BCUT2D eigenvalue weighted by Crippen LogP contribution is -2.15. The highest BCUT2D eigenvalue weighted by molar-refractivity contribution is 9.10. The van der Waals surface area contributed by atoms with Crippen molar-refractivity contribution in [3.63, 3.8) is 0 Å². The Morgan fingerprint density at radius 1 is 1.23 bits per heavy atom. The maximum atomic E-state index is 13.0. The molecule has 6 heteroatoms. The monoisotopic (exact) mass is 364 g/mol. The Balaban J connectivity index is 2.30. The first kappa shape index (κ1) is 16.2. The number of carbonyl (C=O) groups excluding carboxylic acids is 1. The fourth-order valence-corrected chi connectivity index (χ4v) is 2.00. The van der Waals surface area contributed by atoms with E-state index in [1.165, 1.54) is 24.3 Å². The van der Waals surface area contributed by atoms with E-state index in [1.54, 1.807) is 43.4 Å². The van der Waals surface area contributed by atoms with Crippen molar-refractivity contribution in [2.45, 2.75) is 0 Å². The van der Waals surface area contributed by atoms with E-state index in [0.29, 0.717) is 10.2 Å². The second-order valence-corrected chi connectivity index (χ2v) is 5.51. The summed E-state index contributed by atoms with van der Waals surface area (Å²) in [7, 11) is 3.55. The van der Waals surface area contributed by atoms with Crippen LogP contribution in [0.5, 0.6) is 5.88 Å². The summed E-state index contributed by atoms with van der Waals surface area (Å²) in [5.41, 5.74) is 0.337. The Bertz CT molecular complexity index is 700. The van der Waals surface area contributed by atoms with Gasteiger partial charge in [0, 0.05) is 31.9 Å². The Hall–Kier alpha value is -2.21. The van der Waals surface area contributed by atoms with Crippen LogP contribution in [0.2, 0.25) is 0 Å². The molecule has 0 aliphatic rings. The van der Waals surface area contributed by atoms with Gasteiger partial charge in [-0.1, -0.05) is 6.07 Å². The van der Waals surface area contributed by atoms with E-state index in [4.69, 9.17) is 4.74 Å². The number of hydrogen-bond donors (Lipinski definition) is 0. The topological polar surface area (TPSA) is 42.4 Å². The van der Waals surface area contributed by atoms with Gasteiger partial charge in [-0.15, -0.1) is 0 Å². The number of Topliss-reactive ketones (excluding diaryl/α,β-unsaturated/α-hetero) is 1. The number of carbonyl (C=O) groups is 1. The van der Waals surface area contributed by atoms with Crippen LogP contribution in [0.25, 0.3) is 0 Å². The molecule has 0 unspecified atom stereocenters. The SMILES string of the molecule is CN(C)/C=C(\Oc1cccc(Br)n1)C(=O)c1ccc(F)cc1. The number of nitrogens with zero attached hydrogens (tertiary/aromatic N) is 2. The predicted octanol–water partition coefficient (Wildman–Crippen LogP) is 3.65. The molecule has 0 bridgehead atoms. The number of pyridine rings is 1. The molecule has 1 aromatic carbocycles. The summed E-state index contributed by atoms with van der Waals surface area (Å²) in [5, 5.41) is 0. The molecule has 0 aliphatic carbocycles. The van der Waals surface area contributed by atoms with Crippen molar-refractivity contribution in [1.29, 1.82) is 0 Å². The highest BCUT2D eigenvalue weighted by Gasteiger charge is 2.16. The Morgan fingerprint density at radius 3 is 2.50 bits per heavy atom. The smallest absolute Gasteiger partial charge is 0.229 e. The fraction of sp³-hybridized carbons (Fsp3) is 0.125. The molecule has 0 N–H and O–H groups in total. The van der Waals surface area contributed by atoms with Crippen molar-refractivity contribution in [3.05, 3.63) is 70.4 Å². The van der Waals surface area contributed by atoms with Gasteiger partial charge in [0.2, 0.25) is 11.7 Å². The zero-order chi connectivity index (χ0) is 16.1. The second-order valence-electron chi connectivity index (χ2n) is 4.69. The first-order valence-electron chi connectivity index (χ1n) is 6.44. The van der Waals surface area contributed by atoms with Crippen molar-refractivity contribution in [2.24, 2.45) is 0 Å². The van der Waals surface area contributed by atoms with Crippen LogP contribution in [-0.2, 0) is 0 Å². The predicted molar refractivity (Wildman–Crippen MR) is 85.1 cm³/mol. The number of rotatable bonds is 5. The zero-order valence-corrected chi connectivity index (χ0v) is 13.7. The lowest BCUT2D eigenvalue weighted by Gasteiger charge is -2.12. The third-order valence-corrected chi connectivity index (χ3v) is 3.05. The van der Waals surface area contributed by atoms with Crippen LogP contribution >= 0.6 is 15.9 Å². The van der Waals surface area contributed by atoms with Crippen LogP contribution in [0.3, 0.4) is 0 Å². The van der Waals surface area contributed by atoms with Gasteiger partial charge >= 0.3 is 0 Å². The molecule has 0 saturated heterocycles. The molecular formula is C16H14BrFN2O2. The van der Waals surface area contributed by atoms with Crippen LogP contribution in [0.1, 0.15) is 10.4 Å². The third-order valence-electron chi connectivity index (χ3n) is 2.61. The number of hydrogen-bond acceptors (Lipinski definition) is 4. The van der Waals surface area contributed by atoms with E-state index in [2.05, 4.69) is 20.9 Å². The average Bonchev–Trinajstić information content (AvgIpc) is 2.46. The Kier molecular flexibility index (Phi) is 5.27. The maximum Gasteiger partial charge on any atom is 0.229 e. The van der Waals surface area contributed by atoms with Gasteiger partial charge in [-0.05, 0) is 46.3 Å². The molecule has 0 fully saturated rings. The fourth-order valence-electron chi connectivity index (χ4n) is 1.67. The van der Waals surface area contributed by atoms with Crippen molar-refractivity contribution in [1.82, 2.24) is 9.88 Å². The van der Waals surface area contributed by atoms with Crippen LogP contribution < -0.4 is 4.74 Å². The van der Waals surface area contributed by atoms with Crippen molar-refractivity contribution < 1.29 is 13.9 Å². The van der Waals surface area contributed by atoms with E-state index in [0.717, 1.165) is 0 Å². The zero-order valence-electron chi connectivity index (χ0n) is 12.1. The Labute approximate surface area is 136 Å². The number of ketones is 1. The number of ether oxygens (including phenoxy) is 1. The van der Waals surface area contributed by atoms with Gasteiger partial charge in [-0.25, -0.2) is 9.37 Å². The molecule has 114 valence electrons. The van der Waals surface area contributed by atoms with Gasteiger partial charge in [0.15, 0.2) is 5.76 Å². The summed E-state index contributed by atoms with van der Waals surface area (Å²) in [4.78, 5) is 18.3. The standard InChI is InChI=1S/C16H14BrFN2O2/c1-20(2)10-13(22-15-5-3-4-14(17)19-15)16(21)11-6-8-12(18)9-7-11/h3-10H,1-2H3/b13-10-. The largest absolute Gasteiger partial charge is 0.433 e. The Morgan fingerprint density at radius 2 is 1.91 bits per heavy atom. The summed E-state index contributed by atoms with van der Waals surface area (Å²) in [6, 6.07) is 10.5. The molecule has 2 rings (SSSR count). The first-order chi connectivity index (χ1) is 10.5. The van der Waals surface area contributed by atoms with E-state index in [9.17, 15) is 9.18 Å². The maximum absolute atomic E-state index is 13.0. The molecule has 22 heavy (non-hydrogen) atoms. The molecule has 0 radical (unpaired) electrons. The summed E-state index contributed by atoms with van der Waals surface area (Å²) in [6.07, 6.45) is 1.55. The second kappa shape index (κ2) is 7.17. The quantitative estimate of drug-likeness (QED) is 0.351. The summed E-state index contributed by atoms with van der Waals surface area (Å²) in [6.45, 7) is 0. The average molecular weight is 365 g/mol. The van der Waals surface area contributed by atoms with Crippen LogP contribution in [-0.4, -0.2) is 29.8 Å². The van der Waals surface area contributed by atoms with Gasteiger partial charge in [-0.2, -0.15) is 0 Å². The lowest BCUT2D eigenvalue weighted by molar-refractivity contribution is 0.0980.